The van der Waals surface area contributed by atoms with E-state index >= 15 is 0 Å². The molecule has 0 aliphatic heterocycles. The van der Waals surface area contributed by atoms with Gasteiger partial charge in [-0.1, -0.05) is 12.2 Å². The molecule has 1 aromatic carbocycles. The lowest BCUT2D eigenvalue weighted by Gasteiger charge is -2.26. The highest BCUT2D eigenvalue weighted by atomic mass is 15.1. The van der Waals surface area contributed by atoms with Crippen molar-refractivity contribution in [2.75, 3.05) is 57.0 Å². The Morgan fingerprint density at radius 1 is 0.833 bits per heavy atom. The number of anilines is 3. The van der Waals surface area contributed by atoms with Crippen molar-refractivity contribution in [3.63, 3.8) is 0 Å². The van der Waals surface area contributed by atoms with Crippen LogP contribution in [-0.2, 0) is 0 Å². The molecule has 1 radical (unpaired) electrons. The fourth-order valence-corrected chi connectivity index (χ4v) is 1.90. The highest BCUT2D eigenvalue weighted by Gasteiger charge is 2.12. The zero-order chi connectivity index (χ0) is 13.9. The van der Waals surface area contributed by atoms with Crippen LogP contribution >= 0.6 is 0 Å². The molecule has 18 heavy (non-hydrogen) atoms. The average molecular weight is 246 g/mol. The minimum Gasteiger partial charge on any atom is -0.378 e. The van der Waals surface area contributed by atoms with Gasteiger partial charge in [0.05, 0.1) is 0 Å². The van der Waals surface area contributed by atoms with E-state index in [1.807, 2.05) is 6.08 Å². The quantitative estimate of drug-likeness (QED) is 0.809. The van der Waals surface area contributed by atoms with Crippen LogP contribution in [0, 0.1) is 6.92 Å². The molecular formula is C15H24N3. The summed E-state index contributed by atoms with van der Waals surface area (Å²) in [7, 11) is 12.4. The van der Waals surface area contributed by atoms with Crippen LogP contribution in [-0.4, -0.2) is 42.3 Å². The molecule has 0 N–H and O–H groups in total. The van der Waals surface area contributed by atoms with Crippen LogP contribution in [0.25, 0.3) is 6.08 Å². The second kappa shape index (κ2) is 5.80. The van der Waals surface area contributed by atoms with Crippen molar-refractivity contribution in [2.45, 2.75) is 0 Å². The van der Waals surface area contributed by atoms with Gasteiger partial charge in [0, 0.05) is 64.9 Å². The van der Waals surface area contributed by atoms with Crippen LogP contribution in [0.1, 0.15) is 5.56 Å². The molecule has 0 bridgehead atoms. The molecule has 0 aliphatic carbocycles. The minimum atomic E-state index is 1.20. The summed E-state index contributed by atoms with van der Waals surface area (Å²) < 4.78 is 0. The lowest BCUT2D eigenvalue weighted by Crippen LogP contribution is -2.18. The van der Waals surface area contributed by atoms with E-state index in [0.717, 1.165) is 0 Å². The van der Waals surface area contributed by atoms with E-state index < -0.39 is 0 Å². The van der Waals surface area contributed by atoms with Crippen LogP contribution in [0.4, 0.5) is 17.1 Å². The fourth-order valence-electron chi connectivity index (χ4n) is 1.90. The third-order valence-corrected chi connectivity index (χ3v) is 2.89. The lowest BCUT2D eigenvalue weighted by atomic mass is 10.1. The summed E-state index contributed by atoms with van der Waals surface area (Å²) >= 11 is 0. The summed E-state index contributed by atoms with van der Waals surface area (Å²) in [5, 5.41) is 0. The Morgan fingerprint density at radius 3 is 1.56 bits per heavy atom. The second-order valence-corrected chi connectivity index (χ2v) is 4.98. The van der Waals surface area contributed by atoms with Crippen molar-refractivity contribution < 1.29 is 0 Å². The van der Waals surface area contributed by atoms with Gasteiger partial charge >= 0.3 is 0 Å². The van der Waals surface area contributed by atoms with Crippen molar-refractivity contribution in [1.29, 1.82) is 0 Å². The smallest absolute Gasteiger partial charge is 0.0476 e. The van der Waals surface area contributed by atoms with Gasteiger partial charge in [-0.3, -0.25) is 0 Å². The molecule has 0 aliphatic rings. The Hall–Kier alpha value is -1.64. The zero-order valence-corrected chi connectivity index (χ0v) is 12.4. The maximum Gasteiger partial charge on any atom is 0.0476 e. The molecule has 99 valence electrons. The van der Waals surface area contributed by atoms with Crippen LogP contribution in [0.2, 0.25) is 0 Å². The van der Waals surface area contributed by atoms with Gasteiger partial charge in [0.2, 0.25) is 0 Å². The Kier molecular flexibility index (Phi) is 4.65. The summed E-state index contributed by atoms with van der Waals surface area (Å²) in [4.78, 5) is 6.39. The first-order chi connectivity index (χ1) is 8.38. The molecule has 0 saturated carbocycles. The molecule has 0 heterocycles. The molecule has 0 atom stereocenters. The van der Waals surface area contributed by atoms with Crippen LogP contribution in [0.15, 0.2) is 18.2 Å². The Morgan fingerprint density at radius 2 is 1.28 bits per heavy atom. The number of allylic oxidation sites excluding steroid dienone is 1. The fraction of sp³-hybridized carbons (Fsp3) is 0.400. The summed E-state index contributed by atoms with van der Waals surface area (Å²) in [6, 6.07) is 4.39. The predicted octanol–water partition coefficient (Wildman–Crippen LogP) is 2.73. The monoisotopic (exact) mass is 246 g/mol. The first kappa shape index (κ1) is 14.4. The minimum absolute atomic E-state index is 1.20. The molecule has 1 aromatic rings. The lowest BCUT2D eigenvalue weighted by molar-refractivity contribution is 1.07. The molecule has 0 aromatic heterocycles. The van der Waals surface area contributed by atoms with Crippen LogP contribution in [0.5, 0.6) is 0 Å². The number of benzene rings is 1. The molecule has 0 fully saturated rings. The topological polar surface area (TPSA) is 9.72 Å². The number of nitrogens with zero attached hydrogens (tertiary/aromatic N) is 3. The van der Waals surface area contributed by atoms with Crippen LogP contribution < -0.4 is 14.7 Å². The van der Waals surface area contributed by atoms with E-state index in [4.69, 9.17) is 0 Å². The Bertz CT molecular complexity index is 402. The zero-order valence-electron chi connectivity index (χ0n) is 12.4. The average Bonchev–Trinajstić information content (AvgIpc) is 2.28. The molecule has 0 saturated heterocycles. The predicted molar refractivity (Wildman–Crippen MR) is 83.8 cm³/mol. The van der Waals surface area contributed by atoms with Gasteiger partial charge < -0.3 is 14.7 Å². The Labute approximate surface area is 111 Å². The van der Waals surface area contributed by atoms with Gasteiger partial charge in [0.25, 0.3) is 0 Å². The standard InChI is InChI=1S/C15H24N3/c1-8-9-13-14(17(4)5)10-12(16(2)3)11-15(13)18(6)7/h8-11H,1H2,2-7H3/b9-8+. The van der Waals surface area contributed by atoms with Crippen molar-refractivity contribution in [2.24, 2.45) is 0 Å². The van der Waals surface area contributed by atoms with Crippen molar-refractivity contribution in [3.05, 3.63) is 30.7 Å². The Balaban J connectivity index is 3.54. The number of rotatable bonds is 4. The molecule has 0 amide bonds. The maximum absolute atomic E-state index is 3.81. The second-order valence-electron chi connectivity index (χ2n) is 4.98. The van der Waals surface area contributed by atoms with E-state index in [1.54, 1.807) is 0 Å². The summed E-state index contributed by atoms with van der Waals surface area (Å²) in [6.45, 7) is 3.81. The van der Waals surface area contributed by atoms with Crippen molar-refractivity contribution in [1.82, 2.24) is 0 Å². The van der Waals surface area contributed by atoms with E-state index in [2.05, 4.69) is 82.1 Å². The van der Waals surface area contributed by atoms with Gasteiger partial charge in [-0.25, -0.2) is 0 Å². The van der Waals surface area contributed by atoms with E-state index in [9.17, 15) is 0 Å². The highest BCUT2D eigenvalue weighted by molar-refractivity contribution is 5.83. The van der Waals surface area contributed by atoms with Gasteiger partial charge in [0.1, 0.15) is 0 Å². The van der Waals surface area contributed by atoms with Crippen LogP contribution in [0.3, 0.4) is 0 Å². The highest BCUT2D eigenvalue weighted by Crippen LogP contribution is 2.34. The van der Waals surface area contributed by atoms with Gasteiger partial charge in [-0.2, -0.15) is 0 Å². The summed E-state index contributed by atoms with van der Waals surface area (Å²) in [5.74, 6) is 0. The van der Waals surface area contributed by atoms with E-state index in [1.165, 1.54) is 22.6 Å². The third kappa shape index (κ3) is 2.97. The number of hydrogen-bond donors (Lipinski definition) is 0. The van der Waals surface area contributed by atoms with E-state index in [-0.39, 0.29) is 0 Å². The van der Waals surface area contributed by atoms with E-state index in [0.29, 0.717) is 0 Å². The normalized spacial score (nSPS) is 10.8. The third-order valence-electron chi connectivity index (χ3n) is 2.89. The molecule has 3 nitrogen and oxygen atoms in total. The largest absolute Gasteiger partial charge is 0.378 e. The SMILES string of the molecule is [CH2]/C=C/c1c(N(C)C)cc(N(C)C)cc1N(C)C. The van der Waals surface area contributed by atoms with Crippen molar-refractivity contribution in [3.8, 4) is 0 Å². The molecular weight excluding hydrogens is 222 g/mol. The summed E-state index contributed by atoms with van der Waals surface area (Å²) in [6.07, 6.45) is 3.90. The molecule has 0 spiro atoms. The van der Waals surface area contributed by atoms with Gasteiger partial charge in [-0.05, 0) is 19.1 Å². The van der Waals surface area contributed by atoms with Crippen molar-refractivity contribution >= 4 is 23.1 Å². The van der Waals surface area contributed by atoms with Gasteiger partial charge in [-0.15, -0.1) is 0 Å². The summed E-state index contributed by atoms with van der Waals surface area (Å²) in [5.41, 5.74) is 4.80. The molecule has 0 unspecified atom stereocenters. The maximum atomic E-state index is 3.81. The number of hydrogen-bond acceptors (Lipinski definition) is 3. The molecule has 1 rings (SSSR count). The first-order valence-electron chi connectivity index (χ1n) is 6.04. The first-order valence-corrected chi connectivity index (χ1v) is 6.04. The van der Waals surface area contributed by atoms with Gasteiger partial charge in [0.15, 0.2) is 0 Å². The molecule has 3 heteroatoms.